The smallest absolute Gasteiger partial charge is 0.223 e. The molecule has 0 bridgehead atoms. The summed E-state index contributed by atoms with van der Waals surface area (Å²) in [5.41, 5.74) is 8.50. The van der Waals surface area contributed by atoms with Gasteiger partial charge in [0, 0.05) is 36.8 Å². The summed E-state index contributed by atoms with van der Waals surface area (Å²) in [6.45, 7) is 2.04. The number of nitrogens with zero attached hydrogens (tertiary/aromatic N) is 3. The van der Waals surface area contributed by atoms with Crippen molar-refractivity contribution in [3.63, 3.8) is 0 Å². The summed E-state index contributed by atoms with van der Waals surface area (Å²) in [5, 5.41) is 4.29. The Morgan fingerprint density at radius 2 is 2.11 bits per heavy atom. The number of aromatic nitrogens is 2. The van der Waals surface area contributed by atoms with Gasteiger partial charge in [0.05, 0.1) is 12.2 Å². The van der Waals surface area contributed by atoms with Crippen LogP contribution in [0.2, 0.25) is 0 Å². The predicted octanol–water partition coefficient (Wildman–Crippen LogP) is 0.882. The topological polar surface area (TPSA) is 64.2 Å². The minimum atomic E-state index is 0.0208. The first kappa shape index (κ1) is 11.7. The largest absolute Gasteiger partial charge is 0.331 e. The van der Waals surface area contributed by atoms with E-state index in [-0.39, 0.29) is 18.0 Å². The molecular weight excluding hydrogens is 228 g/mol. The molecule has 2 aliphatic rings. The summed E-state index contributed by atoms with van der Waals surface area (Å²) in [7, 11) is 1.93. The number of likely N-dealkylation sites (tertiary alicyclic amines) is 1. The Balaban J connectivity index is 1.99. The molecule has 2 unspecified atom stereocenters. The molecule has 1 aliphatic carbocycles. The van der Waals surface area contributed by atoms with Crippen LogP contribution in [0.15, 0.2) is 6.20 Å². The lowest BCUT2D eigenvalue weighted by Crippen LogP contribution is -2.49. The van der Waals surface area contributed by atoms with Crippen LogP contribution in [0.25, 0.3) is 0 Å². The van der Waals surface area contributed by atoms with Gasteiger partial charge in [0.25, 0.3) is 0 Å². The molecule has 18 heavy (non-hydrogen) atoms. The fraction of sp³-hybridized carbons (Fsp3) is 0.692. The minimum Gasteiger partial charge on any atom is -0.331 e. The van der Waals surface area contributed by atoms with Crippen LogP contribution in [0.1, 0.15) is 43.0 Å². The maximum Gasteiger partial charge on any atom is 0.223 e. The number of hydrogen-bond acceptors (Lipinski definition) is 3. The Morgan fingerprint density at radius 1 is 1.39 bits per heavy atom. The van der Waals surface area contributed by atoms with Gasteiger partial charge in [-0.25, -0.2) is 0 Å². The van der Waals surface area contributed by atoms with Crippen LogP contribution in [0, 0.1) is 6.92 Å². The highest BCUT2D eigenvalue weighted by Crippen LogP contribution is 2.40. The van der Waals surface area contributed by atoms with E-state index in [2.05, 4.69) is 5.10 Å². The van der Waals surface area contributed by atoms with E-state index in [4.69, 9.17) is 5.73 Å². The van der Waals surface area contributed by atoms with E-state index in [0.717, 1.165) is 30.5 Å². The normalized spacial score (nSPS) is 28.8. The summed E-state index contributed by atoms with van der Waals surface area (Å²) in [6, 6.07) is 0.465. The number of carbonyl (C=O) groups excluding carboxylic acids is 1. The molecule has 2 fully saturated rings. The zero-order valence-electron chi connectivity index (χ0n) is 11.0. The fourth-order valence-corrected chi connectivity index (χ4v) is 2.91. The van der Waals surface area contributed by atoms with Gasteiger partial charge in [0.1, 0.15) is 0 Å². The Bertz CT molecular complexity index is 477. The van der Waals surface area contributed by atoms with E-state index >= 15 is 0 Å². The number of aryl methyl sites for hydroxylation is 1. The van der Waals surface area contributed by atoms with Crippen LogP contribution in [-0.4, -0.2) is 32.7 Å². The molecular formula is C13H20N4O. The van der Waals surface area contributed by atoms with Gasteiger partial charge in [0.15, 0.2) is 0 Å². The summed E-state index contributed by atoms with van der Waals surface area (Å²) in [6.07, 6.45) is 5.48. The minimum absolute atomic E-state index is 0.0208. The van der Waals surface area contributed by atoms with E-state index in [1.165, 1.54) is 0 Å². The monoisotopic (exact) mass is 248 g/mol. The Morgan fingerprint density at radius 3 is 2.67 bits per heavy atom. The van der Waals surface area contributed by atoms with Crippen molar-refractivity contribution in [2.45, 2.75) is 50.7 Å². The Kier molecular flexibility index (Phi) is 2.66. The van der Waals surface area contributed by atoms with Gasteiger partial charge < -0.3 is 10.6 Å². The molecule has 2 atom stereocenters. The lowest BCUT2D eigenvalue weighted by molar-refractivity contribution is -0.138. The van der Waals surface area contributed by atoms with Gasteiger partial charge >= 0.3 is 0 Å². The standard InChI is InChI=1S/C13H20N4O/c1-8-10(7-15-16(8)2)13-11(14)5-6-12(18)17(13)9-3-4-9/h7,9,11,13H,3-6,14H2,1-2H3. The zero-order valence-corrected chi connectivity index (χ0v) is 11.0. The molecule has 1 aromatic heterocycles. The number of carbonyl (C=O) groups is 1. The van der Waals surface area contributed by atoms with Crippen molar-refractivity contribution in [2.75, 3.05) is 0 Å². The number of nitrogens with two attached hydrogens (primary N) is 1. The molecule has 1 aliphatic heterocycles. The molecule has 1 amide bonds. The molecule has 1 saturated carbocycles. The first-order valence-electron chi connectivity index (χ1n) is 6.65. The molecule has 5 nitrogen and oxygen atoms in total. The third kappa shape index (κ3) is 1.73. The molecule has 0 radical (unpaired) electrons. The first-order valence-corrected chi connectivity index (χ1v) is 6.65. The van der Waals surface area contributed by atoms with Crippen molar-refractivity contribution >= 4 is 5.91 Å². The van der Waals surface area contributed by atoms with Crippen molar-refractivity contribution in [2.24, 2.45) is 12.8 Å². The molecule has 98 valence electrons. The quantitative estimate of drug-likeness (QED) is 0.845. The van der Waals surface area contributed by atoms with Crippen LogP contribution in [0.5, 0.6) is 0 Å². The second-order valence-electron chi connectivity index (χ2n) is 5.49. The molecule has 0 spiro atoms. The van der Waals surface area contributed by atoms with Gasteiger partial charge in [-0.05, 0) is 26.2 Å². The zero-order chi connectivity index (χ0) is 12.9. The van der Waals surface area contributed by atoms with E-state index < -0.39 is 0 Å². The van der Waals surface area contributed by atoms with Crippen LogP contribution in [0.3, 0.4) is 0 Å². The second kappa shape index (κ2) is 4.09. The van der Waals surface area contributed by atoms with Crippen LogP contribution in [-0.2, 0) is 11.8 Å². The highest BCUT2D eigenvalue weighted by molar-refractivity contribution is 5.78. The maximum atomic E-state index is 12.2. The van der Waals surface area contributed by atoms with Crippen LogP contribution in [0.4, 0.5) is 0 Å². The Labute approximate surface area is 107 Å². The lowest BCUT2D eigenvalue weighted by Gasteiger charge is -2.40. The SMILES string of the molecule is Cc1c(C2C(N)CCC(=O)N2C2CC2)cnn1C. The number of hydrogen-bond donors (Lipinski definition) is 1. The first-order chi connectivity index (χ1) is 8.59. The third-order valence-electron chi connectivity index (χ3n) is 4.22. The maximum absolute atomic E-state index is 12.2. The molecule has 2 heterocycles. The van der Waals surface area contributed by atoms with Crippen molar-refractivity contribution in [3.05, 3.63) is 17.5 Å². The molecule has 2 N–H and O–H groups in total. The Hall–Kier alpha value is -1.36. The number of piperidine rings is 1. The fourth-order valence-electron chi connectivity index (χ4n) is 2.91. The summed E-state index contributed by atoms with van der Waals surface area (Å²) >= 11 is 0. The average Bonchev–Trinajstić information content (AvgIpc) is 3.12. The molecule has 1 saturated heterocycles. The van der Waals surface area contributed by atoms with Crippen molar-refractivity contribution in [3.8, 4) is 0 Å². The van der Waals surface area contributed by atoms with Gasteiger partial charge in [0.2, 0.25) is 5.91 Å². The van der Waals surface area contributed by atoms with Gasteiger partial charge in [-0.3, -0.25) is 9.48 Å². The number of rotatable bonds is 2. The third-order valence-corrected chi connectivity index (χ3v) is 4.22. The van der Waals surface area contributed by atoms with Crippen molar-refractivity contribution in [1.29, 1.82) is 0 Å². The summed E-state index contributed by atoms with van der Waals surface area (Å²) in [4.78, 5) is 14.2. The van der Waals surface area contributed by atoms with Gasteiger partial charge in [-0.1, -0.05) is 0 Å². The van der Waals surface area contributed by atoms with E-state index in [1.807, 2.05) is 29.7 Å². The van der Waals surface area contributed by atoms with Crippen LogP contribution < -0.4 is 5.73 Å². The van der Waals surface area contributed by atoms with Crippen LogP contribution >= 0.6 is 0 Å². The highest BCUT2D eigenvalue weighted by atomic mass is 16.2. The van der Waals surface area contributed by atoms with E-state index in [0.29, 0.717) is 12.5 Å². The van der Waals surface area contributed by atoms with E-state index in [9.17, 15) is 4.79 Å². The molecule has 3 rings (SSSR count). The number of amides is 1. The summed E-state index contributed by atoms with van der Waals surface area (Å²) in [5.74, 6) is 0.257. The average molecular weight is 248 g/mol. The molecule has 1 aromatic rings. The lowest BCUT2D eigenvalue weighted by atomic mass is 9.90. The highest BCUT2D eigenvalue weighted by Gasteiger charge is 2.43. The second-order valence-corrected chi connectivity index (χ2v) is 5.49. The van der Waals surface area contributed by atoms with E-state index in [1.54, 1.807) is 0 Å². The van der Waals surface area contributed by atoms with Gasteiger partial charge in [-0.2, -0.15) is 5.10 Å². The predicted molar refractivity (Wildman–Crippen MR) is 67.8 cm³/mol. The van der Waals surface area contributed by atoms with Crippen molar-refractivity contribution < 1.29 is 4.79 Å². The molecule has 5 heteroatoms. The van der Waals surface area contributed by atoms with Crippen molar-refractivity contribution in [1.82, 2.24) is 14.7 Å². The molecule has 0 aromatic carbocycles. The summed E-state index contributed by atoms with van der Waals surface area (Å²) < 4.78 is 1.85. The van der Waals surface area contributed by atoms with Gasteiger partial charge in [-0.15, -0.1) is 0 Å².